The first-order valence-corrected chi connectivity index (χ1v) is 14.7. The van der Waals surface area contributed by atoms with Crippen molar-refractivity contribution in [2.75, 3.05) is 10.8 Å². The van der Waals surface area contributed by atoms with Crippen LogP contribution in [0.5, 0.6) is 0 Å². The number of hydrogen-bond donors (Lipinski definition) is 1. The second-order valence-electron chi connectivity index (χ2n) is 9.78. The van der Waals surface area contributed by atoms with Crippen molar-refractivity contribution in [3.8, 4) is 0 Å². The first-order valence-electron chi connectivity index (χ1n) is 12.9. The lowest BCUT2D eigenvalue weighted by Gasteiger charge is -2.32. The molecular formula is C30H36ClN3O4S. The molecule has 0 aliphatic rings. The molecule has 0 heterocycles. The highest BCUT2D eigenvalue weighted by atomic mass is 35.5. The molecule has 9 heteroatoms. The molecule has 3 aromatic rings. The van der Waals surface area contributed by atoms with Crippen LogP contribution in [-0.4, -0.2) is 43.8 Å². The summed E-state index contributed by atoms with van der Waals surface area (Å²) in [5, 5.41) is 3.38. The van der Waals surface area contributed by atoms with Crippen molar-refractivity contribution >= 4 is 39.1 Å². The number of aryl methyl sites for hydroxylation is 2. The molecule has 2 atom stereocenters. The molecule has 3 aromatic carbocycles. The zero-order valence-electron chi connectivity index (χ0n) is 23.0. The minimum Gasteiger partial charge on any atom is -0.352 e. The van der Waals surface area contributed by atoms with Crippen LogP contribution in [0.25, 0.3) is 0 Å². The maximum absolute atomic E-state index is 14.0. The largest absolute Gasteiger partial charge is 0.352 e. The fourth-order valence-corrected chi connectivity index (χ4v) is 5.82. The SMILES string of the molecule is CC[C@H](C)NC(=O)[C@@H](C)N(Cc1ccccc1Cl)C(=O)CN(c1cc(C)cc(C)c1)S(=O)(=O)c1ccccc1. The number of amides is 2. The number of carbonyl (C=O) groups is 2. The van der Waals surface area contributed by atoms with Gasteiger partial charge in [0.15, 0.2) is 0 Å². The molecule has 1 N–H and O–H groups in total. The third kappa shape index (κ3) is 7.61. The van der Waals surface area contributed by atoms with Gasteiger partial charge in [-0.05, 0) is 81.1 Å². The molecule has 2 amide bonds. The van der Waals surface area contributed by atoms with E-state index in [4.69, 9.17) is 11.6 Å². The van der Waals surface area contributed by atoms with E-state index in [1.807, 2.05) is 33.8 Å². The molecule has 3 rings (SSSR count). The molecule has 0 saturated carbocycles. The molecule has 0 aliphatic carbocycles. The molecule has 0 saturated heterocycles. The number of anilines is 1. The Labute approximate surface area is 236 Å². The minimum atomic E-state index is -4.11. The summed E-state index contributed by atoms with van der Waals surface area (Å²) in [6, 6.07) is 19.5. The summed E-state index contributed by atoms with van der Waals surface area (Å²) in [6.45, 7) is 8.77. The molecule has 0 fully saturated rings. The van der Waals surface area contributed by atoms with Gasteiger partial charge in [-0.3, -0.25) is 13.9 Å². The van der Waals surface area contributed by atoms with Crippen LogP contribution in [0.4, 0.5) is 5.69 Å². The molecule has 0 aromatic heterocycles. The first kappa shape index (κ1) is 30.2. The predicted molar refractivity (Wildman–Crippen MR) is 156 cm³/mol. The first-order chi connectivity index (χ1) is 18.4. The second-order valence-corrected chi connectivity index (χ2v) is 12.0. The number of sulfonamides is 1. The van der Waals surface area contributed by atoms with Crippen LogP contribution in [0.1, 0.15) is 43.9 Å². The lowest BCUT2D eigenvalue weighted by molar-refractivity contribution is -0.139. The summed E-state index contributed by atoms with van der Waals surface area (Å²) in [7, 11) is -4.11. The van der Waals surface area contributed by atoms with Gasteiger partial charge in [0, 0.05) is 17.6 Å². The number of benzene rings is 3. The third-order valence-electron chi connectivity index (χ3n) is 6.57. The number of hydrogen-bond acceptors (Lipinski definition) is 4. The van der Waals surface area contributed by atoms with Crippen LogP contribution in [0.15, 0.2) is 77.7 Å². The standard InChI is InChI=1S/C30H36ClN3O4S/c1-6-23(4)32-30(36)24(5)33(19-25-12-10-11-15-28(25)31)29(35)20-34(26-17-21(2)16-22(3)18-26)39(37,38)27-13-8-7-9-14-27/h7-18,23-24H,6,19-20H2,1-5H3,(H,32,36)/t23-,24+/m0/s1. The highest BCUT2D eigenvalue weighted by Crippen LogP contribution is 2.27. The lowest BCUT2D eigenvalue weighted by atomic mass is 10.1. The van der Waals surface area contributed by atoms with E-state index in [9.17, 15) is 18.0 Å². The van der Waals surface area contributed by atoms with Gasteiger partial charge in [0.2, 0.25) is 11.8 Å². The van der Waals surface area contributed by atoms with Gasteiger partial charge in [0.05, 0.1) is 10.6 Å². The smallest absolute Gasteiger partial charge is 0.264 e. The van der Waals surface area contributed by atoms with E-state index < -0.39 is 28.5 Å². The van der Waals surface area contributed by atoms with Gasteiger partial charge in [0.1, 0.15) is 12.6 Å². The van der Waals surface area contributed by atoms with Crippen molar-refractivity contribution in [2.24, 2.45) is 0 Å². The Balaban J connectivity index is 2.06. The molecular weight excluding hydrogens is 534 g/mol. The molecule has 39 heavy (non-hydrogen) atoms. The van der Waals surface area contributed by atoms with Gasteiger partial charge >= 0.3 is 0 Å². The molecule has 0 bridgehead atoms. The van der Waals surface area contributed by atoms with E-state index >= 15 is 0 Å². The van der Waals surface area contributed by atoms with Crippen LogP contribution >= 0.6 is 11.6 Å². The number of nitrogens with one attached hydrogen (secondary N) is 1. The highest BCUT2D eigenvalue weighted by molar-refractivity contribution is 7.92. The molecule has 0 radical (unpaired) electrons. The highest BCUT2D eigenvalue weighted by Gasteiger charge is 2.33. The summed E-state index contributed by atoms with van der Waals surface area (Å²) in [4.78, 5) is 28.6. The van der Waals surface area contributed by atoms with Crippen molar-refractivity contribution in [1.29, 1.82) is 0 Å². The predicted octanol–water partition coefficient (Wildman–Crippen LogP) is 5.48. The monoisotopic (exact) mass is 569 g/mol. The van der Waals surface area contributed by atoms with Gasteiger partial charge in [-0.25, -0.2) is 8.42 Å². The topological polar surface area (TPSA) is 86.8 Å². The summed E-state index contributed by atoms with van der Waals surface area (Å²) in [5.41, 5.74) is 2.75. The van der Waals surface area contributed by atoms with Gasteiger partial charge in [-0.2, -0.15) is 0 Å². The summed E-state index contributed by atoms with van der Waals surface area (Å²) in [5.74, 6) is -0.853. The van der Waals surface area contributed by atoms with Gasteiger partial charge in [-0.15, -0.1) is 0 Å². The van der Waals surface area contributed by atoms with Gasteiger partial charge in [0.25, 0.3) is 10.0 Å². The maximum Gasteiger partial charge on any atom is 0.264 e. The van der Waals surface area contributed by atoms with Crippen LogP contribution < -0.4 is 9.62 Å². The van der Waals surface area contributed by atoms with Crippen molar-refractivity contribution in [2.45, 2.75) is 64.6 Å². The Bertz CT molecular complexity index is 1390. The lowest BCUT2D eigenvalue weighted by Crippen LogP contribution is -2.52. The van der Waals surface area contributed by atoms with Crippen molar-refractivity contribution in [3.05, 3.63) is 94.5 Å². The zero-order valence-corrected chi connectivity index (χ0v) is 24.6. The molecule has 0 unspecified atom stereocenters. The maximum atomic E-state index is 14.0. The fraction of sp³-hybridized carbons (Fsp3) is 0.333. The average molecular weight is 570 g/mol. The normalized spacial score (nSPS) is 12.9. The number of nitrogens with zero attached hydrogens (tertiary/aromatic N) is 2. The van der Waals surface area contributed by atoms with Crippen LogP contribution in [-0.2, 0) is 26.2 Å². The summed E-state index contributed by atoms with van der Waals surface area (Å²) in [6.07, 6.45) is 0.729. The van der Waals surface area contributed by atoms with E-state index in [-0.39, 0.29) is 23.4 Å². The fourth-order valence-electron chi connectivity index (χ4n) is 4.20. The molecule has 0 spiro atoms. The quantitative estimate of drug-likeness (QED) is 0.331. The van der Waals surface area contributed by atoms with E-state index in [0.717, 1.165) is 21.9 Å². The number of halogens is 1. The van der Waals surface area contributed by atoms with Crippen molar-refractivity contribution in [1.82, 2.24) is 10.2 Å². The van der Waals surface area contributed by atoms with E-state index in [1.165, 1.54) is 17.0 Å². The summed E-state index contributed by atoms with van der Waals surface area (Å²) < 4.78 is 28.9. The number of rotatable bonds is 11. The van der Waals surface area contributed by atoms with E-state index in [1.54, 1.807) is 61.5 Å². The Morgan fingerprint density at radius 3 is 2.10 bits per heavy atom. The van der Waals surface area contributed by atoms with Crippen LogP contribution in [0.3, 0.4) is 0 Å². The van der Waals surface area contributed by atoms with Crippen LogP contribution in [0, 0.1) is 13.8 Å². The van der Waals surface area contributed by atoms with Gasteiger partial charge in [-0.1, -0.05) is 61.0 Å². The summed E-state index contributed by atoms with van der Waals surface area (Å²) >= 11 is 6.41. The van der Waals surface area contributed by atoms with E-state index in [0.29, 0.717) is 16.3 Å². The third-order valence-corrected chi connectivity index (χ3v) is 8.73. The minimum absolute atomic E-state index is 0.0413. The molecule has 208 valence electrons. The Morgan fingerprint density at radius 1 is 0.923 bits per heavy atom. The van der Waals surface area contributed by atoms with Crippen LogP contribution in [0.2, 0.25) is 5.02 Å². The Hall–Kier alpha value is -3.36. The molecule has 0 aliphatic heterocycles. The Morgan fingerprint density at radius 2 is 1.51 bits per heavy atom. The van der Waals surface area contributed by atoms with E-state index in [2.05, 4.69) is 5.32 Å². The average Bonchev–Trinajstić information content (AvgIpc) is 2.90. The Kier molecular flexibility index (Phi) is 10.2. The van der Waals surface area contributed by atoms with Crippen molar-refractivity contribution in [3.63, 3.8) is 0 Å². The molecule has 7 nitrogen and oxygen atoms in total. The van der Waals surface area contributed by atoms with Gasteiger partial charge < -0.3 is 10.2 Å². The zero-order chi connectivity index (χ0) is 28.7. The van der Waals surface area contributed by atoms with Crippen molar-refractivity contribution < 1.29 is 18.0 Å². The number of carbonyl (C=O) groups excluding carboxylic acids is 2. The second kappa shape index (κ2) is 13.1.